The number of unbranched alkanes of at least 4 members (excludes halogenated alkanes) is 1. The lowest BCUT2D eigenvalue weighted by Gasteiger charge is -2.44. The van der Waals surface area contributed by atoms with E-state index in [4.69, 9.17) is 19.3 Å². The molecule has 1 aromatic carbocycles. The molecule has 7 nitrogen and oxygen atoms in total. The third-order valence-corrected chi connectivity index (χ3v) is 6.80. The van der Waals surface area contributed by atoms with E-state index in [1.165, 1.54) is 0 Å². The van der Waals surface area contributed by atoms with Crippen molar-refractivity contribution in [1.29, 1.82) is 0 Å². The molecule has 0 radical (unpaired) electrons. The summed E-state index contributed by atoms with van der Waals surface area (Å²) in [5.74, 6) is -0.716. The van der Waals surface area contributed by atoms with Gasteiger partial charge < -0.3 is 24.6 Å². The zero-order chi connectivity index (χ0) is 26.7. The van der Waals surface area contributed by atoms with E-state index in [1.807, 2.05) is 44.2 Å². The summed E-state index contributed by atoms with van der Waals surface area (Å²) in [7, 11) is 0. The Balaban J connectivity index is 2.87. The molecule has 0 saturated carbocycles. The average Bonchev–Trinajstić information content (AvgIpc) is 2.76. The number of carbonyl (C=O) groups is 2. The minimum absolute atomic E-state index is 0.0337. The number of alkyl carbamates (subject to hydrolysis) is 1. The first-order chi connectivity index (χ1) is 16.2. The molecule has 0 fully saturated rings. The fourth-order valence-corrected chi connectivity index (χ4v) is 3.62. The molecular weight excluding hydrogens is 446 g/mol. The smallest absolute Gasteiger partial charge is 0.407 e. The van der Waals surface area contributed by atoms with Crippen LogP contribution in [0.4, 0.5) is 4.79 Å². The molecule has 0 bridgehead atoms. The molecule has 0 saturated heterocycles. The predicted molar refractivity (Wildman–Crippen MR) is 138 cm³/mol. The van der Waals surface area contributed by atoms with Crippen molar-refractivity contribution < 1.29 is 28.9 Å². The molecule has 0 aliphatic rings. The molecule has 1 amide bonds. The maximum absolute atomic E-state index is 12.5. The zero-order valence-electron chi connectivity index (χ0n) is 22.6. The monoisotopic (exact) mass is 491 g/mol. The SMILES string of the molecule is C=C(C)C(=O)OCCNC(=O)OC(C)(C)C(COC(C)(C)C(C)(C)CCCCO)c1ccccc1. The number of aliphatic hydroxyl groups excluding tert-OH is 1. The van der Waals surface area contributed by atoms with Crippen LogP contribution in [0.1, 0.15) is 79.2 Å². The summed E-state index contributed by atoms with van der Waals surface area (Å²) in [6, 6.07) is 9.88. The topological polar surface area (TPSA) is 94.1 Å². The Bertz CT molecular complexity index is 816. The highest BCUT2D eigenvalue weighted by atomic mass is 16.6. The molecule has 0 aliphatic heterocycles. The lowest BCUT2D eigenvalue weighted by Crippen LogP contribution is -2.46. The van der Waals surface area contributed by atoms with Crippen molar-refractivity contribution >= 4 is 12.1 Å². The summed E-state index contributed by atoms with van der Waals surface area (Å²) in [5.41, 5.74) is -0.126. The second-order valence-electron chi connectivity index (χ2n) is 10.7. The number of hydrogen-bond donors (Lipinski definition) is 2. The van der Waals surface area contributed by atoms with Crippen LogP contribution in [0.5, 0.6) is 0 Å². The van der Waals surface area contributed by atoms with Gasteiger partial charge in [0.1, 0.15) is 12.2 Å². The highest BCUT2D eigenvalue weighted by Gasteiger charge is 2.41. The van der Waals surface area contributed by atoms with Crippen LogP contribution in [0.25, 0.3) is 0 Å². The number of rotatable bonds is 15. The van der Waals surface area contributed by atoms with Gasteiger partial charge >= 0.3 is 12.1 Å². The Morgan fingerprint density at radius 2 is 1.69 bits per heavy atom. The number of benzene rings is 1. The van der Waals surface area contributed by atoms with Crippen molar-refractivity contribution in [2.24, 2.45) is 5.41 Å². The first kappa shape index (κ1) is 30.7. The summed E-state index contributed by atoms with van der Waals surface area (Å²) in [6.07, 6.45) is 2.03. The lowest BCUT2D eigenvalue weighted by atomic mass is 9.73. The highest BCUT2D eigenvalue weighted by molar-refractivity contribution is 5.86. The number of carbonyl (C=O) groups excluding carboxylic acids is 2. The Labute approximate surface area is 211 Å². The van der Waals surface area contributed by atoms with E-state index in [1.54, 1.807) is 6.92 Å². The molecule has 0 heterocycles. The molecule has 0 aliphatic carbocycles. The second kappa shape index (κ2) is 13.6. The second-order valence-corrected chi connectivity index (χ2v) is 10.7. The van der Waals surface area contributed by atoms with E-state index < -0.39 is 23.3 Å². The summed E-state index contributed by atoms with van der Waals surface area (Å²) in [4.78, 5) is 24.0. The van der Waals surface area contributed by atoms with Gasteiger partial charge in [0.05, 0.1) is 18.8 Å². The molecule has 35 heavy (non-hydrogen) atoms. The van der Waals surface area contributed by atoms with E-state index in [-0.39, 0.29) is 31.1 Å². The van der Waals surface area contributed by atoms with E-state index in [9.17, 15) is 9.59 Å². The predicted octanol–water partition coefficient (Wildman–Crippen LogP) is 5.38. The molecule has 1 rings (SSSR count). The van der Waals surface area contributed by atoms with Gasteiger partial charge in [0.2, 0.25) is 0 Å². The summed E-state index contributed by atoms with van der Waals surface area (Å²) < 4.78 is 17.3. The maximum atomic E-state index is 12.5. The average molecular weight is 492 g/mol. The number of amides is 1. The summed E-state index contributed by atoms with van der Waals surface area (Å²) >= 11 is 0. The standard InChI is InChI=1S/C28H45NO6/c1-21(2)24(31)33-19-17-29-25(32)35-27(5,6)23(22-14-10-9-11-15-22)20-34-28(7,8)26(3,4)16-12-13-18-30/h9-11,14-15,23,30H,1,12-13,16-20H2,2-8H3,(H,29,32). The van der Waals surface area contributed by atoms with E-state index >= 15 is 0 Å². The molecule has 1 atom stereocenters. The van der Waals surface area contributed by atoms with E-state index in [0.29, 0.717) is 12.2 Å². The fraction of sp³-hybridized carbons (Fsp3) is 0.643. The van der Waals surface area contributed by atoms with Gasteiger partial charge in [0, 0.05) is 18.1 Å². The largest absolute Gasteiger partial charge is 0.460 e. The first-order valence-electron chi connectivity index (χ1n) is 12.3. The van der Waals surface area contributed by atoms with Crippen LogP contribution in [0.15, 0.2) is 42.5 Å². The van der Waals surface area contributed by atoms with Crippen LogP contribution in [0.3, 0.4) is 0 Å². The molecule has 1 unspecified atom stereocenters. The minimum Gasteiger partial charge on any atom is -0.460 e. The van der Waals surface area contributed by atoms with Gasteiger partial charge in [-0.05, 0) is 58.4 Å². The molecule has 198 valence electrons. The van der Waals surface area contributed by atoms with Crippen LogP contribution < -0.4 is 5.32 Å². The van der Waals surface area contributed by atoms with Crippen LogP contribution in [0, 0.1) is 5.41 Å². The number of esters is 1. The van der Waals surface area contributed by atoms with Crippen LogP contribution >= 0.6 is 0 Å². The molecule has 0 aromatic heterocycles. The van der Waals surface area contributed by atoms with Crippen molar-refractivity contribution in [1.82, 2.24) is 5.32 Å². The van der Waals surface area contributed by atoms with E-state index in [0.717, 1.165) is 24.8 Å². The Morgan fingerprint density at radius 3 is 2.26 bits per heavy atom. The number of ether oxygens (including phenoxy) is 3. The van der Waals surface area contributed by atoms with Gasteiger partial charge in [0.25, 0.3) is 0 Å². The van der Waals surface area contributed by atoms with Crippen molar-refractivity contribution in [3.8, 4) is 0 Å². The number of aliphatic hydroxyl groups is 1. The Kier molecular flexibility index (Phi) is 11.9. The van der Waals surface area contributed by atoms with Crippen LogP contribution in [0.2, 0.25) is 0 Å². The maximum Gasteiger partial charge on any atom is 0.407 e. The number of nitrogens with one attached hydrogen (secondary N) is 1. The van der Waals surface area contributed by atoms with Gasteiger partial charge in [-0.15, -0.1) is 0 Å². The van der Waals surface area contributed by atoms with Gasteiger partial charge in [-0.3, -0.25) is 0 Å². The van der Waals surface area contributed by atoms with Crippen molar-refractivity contribution in [2.75, 3.05) is 26.4 Å². The van der Waals surface area contributed by atoms with Gasteiger partial charge in [-0.1, -0.05) is 57.2 Å². The third-order valence-electron chi connectivity index (χ3n) is 6.80. The van der Waals surface area contributed by atoms with Crippen molar-refractivity contribution in [3.05, 3.63) is 48.0 Å². The normalized spacial score (nSPS) is 13.1. The summed E-state index contributed by atoms with van der Waals surface area (Å²) in [5, 5.41) is 11.8. The van der Waals surface area contributed by atoms with Crippen molar-refractivity contribution in [3.63, 3.8) is 0 Å². The van der Waals surface area contributed by atoms with E-state index in [2.05, 4.69) is 39.6 Å². The quantitative estimate of drug-likeness (QED) is 0.194. The molecule has 0 spiro atoms. The minimum atomic E-state index is -0.878. The molecule has 2 N–H and O–H groups in total. The van der Waals surface area contributed by atoms with Gasteiger partial charge in [0.15, 0.2) is 0 Å². The molecule has 7 heteroatoms. The van der Waals surface area contributed by atoms with Gasteiger partial charge in [-0.2, -0.15) is 0 Å². The third kappa shape index (κ3) is 10.0. The molecular formula is C28H45NO6. The number of hydrogen-bond acceptors (Lipinski definition) is 6. The first-order valence-corrected chi connectivity index (χ1v) is 12.3. The molecule has 1 aromatic rings. The van der Waals surface area contributed by atoms with Gasteiger partial charge in [-0.25, -0.2) is 9.59 Å². The fourth-order valence-electron chi connectivity index (χ4n) is 3.62. The zero-order valence-corrected chi connectivity index (χ0v) is 22.6. The van der Waals surface area contributed by atoms with Crippen LogP contribution in [-0.4, -0.2) is 54.7 Å². The highest BCUT2D eigenvalue weighted by Crippen LogP contribution is 2.40. The summed E-state index contributed by atoms with van der Waals surface area (Å²) in [6.45, 7) is 18.1. The lowest BCUT2D eigenvalue weighted by molar-refractivity contribution is -0.138. The Hall–Kier alpha value is -2.38. The van der Waals surface area contributed by atoms with Crippen molar-refractivity contribution in [2.45, 2.75) is 84.8 Å². The Morgan fingerprint density at radius 1 is 1.06 bits per heavy atom. The van der Waals surface area contributed by atoms with Crippen LogP contribution in [-0.2, 0) is 19.0 Å².